The Hall–Kier alpha value is -3.75. The van der Waals surface area contributed by atoms with Crippen LogP contribution in [-0.2, 0) is 7.05 Å². The van der Waals surface area contributed by atoms with E-state index in [1.54, 1.807) is 21.3 Å². The third-order valence-electron chi connectivity index (χ3n) is 5.49. The smallest absolute Gasteiger partial charge is 0.222 e. The minimum atomic E-state index is 0.540. The van der Waals surface area contributed by atoms with Crippen LogP contribution in [0.4, 0.5) is 22.7 Å². The van der Waals surface area contributed by atoms with Crippen LogP contribution >= 0.6 is 0 Å². The normalized spacial score (nSPS) is 14.7. The summed E-state index contributed by atoms with van der Waals surface area (Å²) in [6.45, 7) is 0.941. The number of methoxy groups -OCH3 is 2. The molecule has 9 heteroatoms. The first-order chi connectivity index (χ1) is 15.1. The van der Waals surface area contributed by atoms with E-state index in [1.807, 2.05) is 24.4 Å². The Labute approximate surface area is 180 Å². The van der Waals surface area contributed by atoms with Gasteiger partial charge in [0.05, 0.1) is 32.6 Å². The summed E-state index contributed by atoms with van der Waals surface area (Å²) >= 11 is 0. The van der Waals surface area contributed by atoms with Crippen LogP contribution in [0.2, 0.25) is 0 Å². The Morgan fingerprint density at radius 3 is 2.45 bits per heavy atom. The van der Waals surface area contributed by atoms with Gasteiger partial charge in [-0.1, -0.05) is 0 Å². The Morgan fingerprint density at radius 2 is 1.81 bits per heavy atom. The molecule has 0 spiro atoms. The predicted octanol–water partition coefficient (Wildman–Crippen LogP) is 3.61. The lowest BCUT2D eigenvalue weighted by Crippen LogP contribution is -2.20. The summed E-state index contributed by atoms with van der Waals surface area (Å²) in [5.74, 6) is 2.77. The van der Waals surface area contributed by atoms with E-state index in [0.29, 0.717) is 11.7 Å². The maximum atomic E-state index is 5.50. The molecule has 160 valence electrons. The molecule has 1 aliphatic carbocycles. The Morgan fingerprint density at radius 1 is 1.03 bits per heavy atom. The SMILES string of the molecule is COc1cc(OC)cc(N(CC2CC2)c2ccc3c(c2)NC(c2nnn(C)n2)=CN3)c1. The van der Waals surface area contributed by atoms with Gasteiger partial charge in [-0.25, -0.2) is 0 Å². The standard InChI is InChI=1S/C22H25N7O2/c1-28-26-22(25-27-28)21-12-23-19-7-6-15(10-20(19)24-21)29(13-14-4-5-14)16-8-17(30-2)11-18(9-16)31-3/h6-12,14,23-24H,4-5,13H2,1-3H3. The molecular weight excluding hydrogens is 394 g/mol. The van der Waals surface area contributed by atoms with Crippen molar-refractivity contribution >= 4 is 28.4 Å². The summed E-state index contributed by atoms with van der Waals surface area (Å²) in [7, 11) is 5.09. The van der Waals surface area contributed by atoms with Crippen molar-refractivity contribution in [2.24, 2.45) is 13.0 Å². The third-order valence-corrected chi connectivity index (χ3v) is 5.49. The topological polar surface area (TPSA) is 89.4 Å². The van der Waals surface area contributed by atoms with Gasteiger partial charge in [0.15, 0.2) is 0 Å². The van der Waals surface area contributed by atoms with Crippen molar-refractivity contribution in [3.8, 4) is 11.5 Å². The van der Waals surface area contributed by atoms with E-state index >= 15 is 0 Å². The van der Waals surface area contributed by atoms with Crippen LogP contribution in [0.25, 0.3) is 5.70 Å². The van der Waals surface area contributed by atoms with Crippen molar-refractivity contribution in [2.75, 3.05) is 36.3 Å². The molecule has 0 radical (unpaired) electrons. The van der Waals surface area contributed by atoms with E-state index in [-0.39, 0.29) is 0 Å². The van der Waals surface area contributed by atoms with E-state index in [1.165, 1.54) is 17.6 Å². The number of nitrogens with zero attached hydrogens (tertiary/aromatic N) is 5. The lowest BCUT2D eigenvalue weighted by Gasteiger charge is -2.28. The fourth-order valence-corrected chi connectivity index (χ4v) is 3.64. The maximum absolute atomic E-state index is 5.50. The van der Waals surface area contributed by atoms with Crippen molar-refractivity contribution < 1.29 is 9.47 Å². The lowest BCUT2D eigenvalue weighted by atomic mass is 10.1. The monoisotopic (exact) mass is 419 g/mol. The molecule has 31 heavy (non-hydrogen) atoms. The second-order valence-corrected chi connectivity index (χ2v) is 7.78. The molecule has 1 saturated carbocycles. The van der Waals surface area contributed by atoms with Gasteiger partial charge < -0.3 is 25.0 Å². The number of rotatable bonds is 7. The van der Waals surface area contributed by atoms with Crippen molar-refractivity contribution in [3.05, 3.63) is 48.4 Å². The zero-order chi connectivity index (χ0) is 21.4. The molecule has 9 nitrogen and oxygen atoms in total. The second kappa shape index (κ2) is 7.82. The molecule has 1 fully saturated rings. The number of tetrazole rings is 1. The van der Waals surface area contributed by atoms with Crippen LogP contribution in [0.15, 0.2) is 42.6 Å². The van der Waals surface area contributed by atoms with Crippen molar-refractivity contribution in [1.82, 2.24) is 20.2 Å². The molecule has 0 saturated heterocycles. The number of benzene rings is 2. The van der Waals surface area contributed by atoms with Gasteiger partial charge in [-0.05, 0) is 42.2 Å². The molecule has 0 atom stereocenters. The molecular formula is C22H25N7O2. The zero-order valence-electron chi connectivity index (χ0n) is 17.8. The molecule has 2 heterocycles. The molecule has 0 bridgehead atoms. The number of aromatic nitrogens is 4. The number of hydrogen-bond acceptors (Lipinski definition) is 8. The molecule has 2 aromatic carbocycles. The highest BCUT2D eigenvalue weighted by molar-refractivity contribution is 5.89. The first-order valence-electron chi connectivity index (χ1n) is 10.3. The van der Waals surface area contributed by atoms with Gasteiger partial charge in [0.1, 0.15) is 17.2 Å². The molecule has 0 amide bonds. The van der Waals surface area contributed by atoms with Gasteiger partial charge in [0.25, 0.3) is 0 Å². The number of anilines is 4. The number of nitrogens with one attached hydrogen (secondary N) is 2. The molecule has 2 aliphatic rings. The van der Waals surface area contributed by atoms with Crippen LogP contribution in [0.3, 0.4) is 0 Å². The molecule has 1 aliphatic heterocycles. The van der Waals surface area contributed by atoms with E-state index in [2.05, 4.69) is 49.1 Å². The average Bonchev–Trinajstić information content (AvgIpc) is 3.53. The van der Waals surface area contributed by atoms with Crippen LogP contribution < -0.4 is 25.0 Å². The highest BCUT2D eigenvalue weighted by Crippen LogP contribution is 2.40. The molecule has 3 aromatic rings. The number of ether oxygens (including phenoxy) is 2. The summed E-state index contributed by atoms with van der Waals surface area (Å²) in [5, 5.41) is 19.0. The number of hydrogen-bond donors (Lipinski definition) is 2. The van der Waals surface area contributed by atoms with Gasteiger partial charge in [-0.3, -0.25) is 0 Å². The van der Waals surface area contributed by atoms with E-state index in [0.717, 1.165) is 46.5 Å². The Bertz CT molecular complexity index is 1110. The van der Waals surface area contributed by atoms with E-state index < -0.39 is 0 Å². The van der Waals surface area contributed by atoms with Crippen molar-refractivity contribution in [1.29, 1.82) is 0 Å². The summed E-state index contributed by atoms with van der Waals surface area (Å²) in [6.07, 6.45) is 4.37. The van der Waals surface area contributed by atoms with Crippen LogP contribution in [0.1, 0.15) is 18.7 Å². The van der Waals surface area contributed by atoms with Crippen LogP contribution in [-0.4, -0.2) is 41.0 Å². The first-order valence-corrected chi connectivity index (χ1v) is 10.3. The minimum Gasteiger partial charge on any atom is -0.497 e. The maximum Gasteiger partial charge on any atom is 0.222 e. The fourth-order valence-electron chi connectivity index (χ4n) is 3.64. The summed E-state index contributed by atoms with van der Waals surface area (Å²) < 4.78 is 11.0. The van der Waals surface area contributed by atoms with Gasteiger partial charge in [0, 0.05) is 42.3 Å². The molecule has 0 unspecified atom stereocenters. The summed E-state index contributed by atoms with van der Waals surface area (Å²) in [4.78, 5) is 3.76. The highest BCUT2D eigenvalue weighted by atomic mass is 16.5. The van der Waals surface area contributed by atoms with Gasteiger partial charge in [0.2, 0.25) is 5.82 Å². The summed E-state index contributed by atoms with van der Waals surface area (Å²) in [5.41, 5.74) is 4.85. The fraction of sp³-hybridized carbons (Fsp3) is 0.318. The van der Waals surface area contributed by atoms with E-state index in [4.69, 9.17) is 9.47 Å². The van der Waals surface area contributed by atoms with Gasteiger partial charge >= 0.3 is 0 Å². The zero-order valence-corrected chi connectivity index (χ0v) is 17.8. The summed E-state index contributed by atoms with van der Waals surface area (Å²) in [6, 6.07) is 12.3. The third kappa shape index (κ3) is 3.98. The van der Waals surface area contributed by atoms with Crippen molar-refractivity contribution in [3.63, 3.8) is 0 Å². The quantitative estimate of drug-likeness (QED) is 0.600. The molecule has 2 N–H and O–H groups in total. The molecule has 5 rings (SSSR count). The van der Waals surface area contributed by atoms with Gasteiger partial charge in [-0.15, -0.1) is 10.2 Å². The van der Waals surface area contributed by atoms with E-state index in [9.17, 15) is 0 Å². The van der Waals surface area contributed by atoms with Crippen molar-refractivity contribution in [2.45, 2.75) is 12.8 Å². The molecule has 1 aromatic heterocycles. The Kier molecular flexibility index (Phi) is 4.85. The van der Waals surface area contributed by atoms with Crippen LogP contribution in [0, 0.1) is 5.92 Å². The number of aryl methyl sites for hydroxylation is 1. The first kappa shape index (κ1) is 19.2. The predicted molar refractivity (Wildman–Crippen MR) is 120 cm³/mol. The minimum absolute atomic E-state index is 0.540. The average molecular weight is 419 g/mol. The van der Waals surface area contributed by atoms with Crippen LogP contribution in [0.5, 0.6) is 11.5 Å². The second-order valence-electron chi connectivity index (χ2n) is 7.78. The largest absolute Gasteiger partial charge is 0.497 e. The Balaban J connectivity index is 1.49. The lowest BCUT2D eigenvalue weighted by molar-refractivity contribution is 0.394. The number of fused-ring (bicyclic) bond motifs is 1. The van der Waals surface area contributed by atoms with Gasteiger partial charge in [-0.2, -0.15) is 4.80 Å². The highest BCUT2D eigenvalue weighted by Gasteiger charge is 2.27.